The second-order valence-electron chi connectivity index (χ2n) is 7.30. The van der Waals surface area contributed by atoms with E-state index in [2.05, 4.69) is 18.3 Å². The van der Waals surface area contributed by atoms with Crippen molar-refractivity contribution in [1.29, 1.82) is 0 Å². The highest BCUT2D eigenvalue weighted by Gasteiger charge is 2.20. The average molecular weight is 412 g/mol. The Kier molecular flexibility index (Phi) is 5.69. The molecule has 1 aliphatic rings. The first-order chi connectivity index (χ1) is 14.0. The highest BCUT2D eigenvalue weighted by atomic mass is 32.1. The summed E-state index contributed by atoms with van der Waals surface area (Å²) in [6.45, 7) is 5.46. The van der Waals surface area contributed by atoms with Gasteiger partial charge >= 0.3 is 0 Å². The lowest BCUT2D eigenvalue weighted by atomic mass is 10.1. The van der Waals surface area contributed by atoms with Crippen LogP contribution in [0.1, 0.15) is 36.5 Å². The van der Waals surface area contributed by atoms with Crippen LogP contribution in [-0.2, 0) is 4.79 Å². The number of aromatic nitrogens is 1. The second kappa shape index (κ2) is 8.39. The Morgan fingerprint density at radius 3 is 2.72 bits per heavy atom. The van der Waals surface area contributed by atoms with E-state index in [1.54, 1.807) is 11.3 Å². The molecule has 2 heterocycles. The molecule has 0 unspecified atom stereocenters. The Labute approximate surface area is 174 Å². The van der Waals surface area contributed by atoms with Crippen LogP contribution in [0.4, 0.5) is 0 Å². The Balaban J connectivity index is 1.37. The zero-order valence-corrected chi connectivity index (χ0v) is 17.7. The van der Waals surface area contributed by atoms with Crippen LogP contribution in [0.15, 0.2) is 42.5 Å². The zero-order valence-electron chi connectivity index (χ0n) is 16.8. The molecule has 0 saturated carbocycles. The third kappa shape index (κ3) is 4.36. The molecule has 152 valence electrons. The maximum absolute atomic E-state index is 12.6. The maximum Gasteiger partial charge on any atom is 0.234 e. The quantitative estimate of drug-likeness (QED) is 0.666. The molecule has 0 saturated heterocycles. The lowest BCUT2D eigenvalue weighted by Crippen LogP contribution is -2.37. The highest BCUT2D eigenvalue weighted by molar-refractivity contribution is 7.18. The third-order valence-electron chi connectivity index (χ3n) is 5.17. The van der Waals surface area contributed by atoms with Gasteiger partial charge in [0.2, 0.25) is 5.91 Å². The summed E-state index contributed by atoms with van der Waals surface area (Å²) in [4.78, 5) is 19.3. The Hall–Kier alpha value is -2.64. The number of hydrogen-bond donors (Lipinski definition) is 1. The van der Waals surface area contributed by atoms with E-state index in [0.717, 1.165) is 27.6 Å². The van der Waals surface area contributed by atoms with Gasteiger partial charge in [0.15, 0.2) is 11.5 Å². The lowest BCUT2D eigenvalue weighted by molar-refractivity contribution is -0.123. The van der Waals surface area contributed by atoms with Gasteiger partial charge in [0, 0.05) is 0 Å². The van der Waals surface area contributed by atoms with Crippen LogP contribution in [0.5, 0.6) is 11.5 Å². The number of nitrogens with one attached hydrogen (secondary N) is 1. The van der Waals surface area contributed by atoms with Crippen LogP contribution in [0.3, 0.4) is 0 Å². The van der Waals surface area contributed by atoms with E-state index in [-0.39, 0.29) is 18.0 Å². The summed E-state index contributed by atoms with van der Waals surface area (Å²) in [6, 6.07) is 13.8. The number of ether oxygens (including phenoxy) is 2. The molecule has 4 rings (SSSR count). The lowest BCUT2D eigenvalue weighted by Gasteiger charge is -2.24. The van der Waals surface area contributed by atoms with E-state index < -0.39 is 0 Å². The summed E-state index contributed by atoms with van der Waals surface area (Å²) in [5.41, 5.74) is 1.99. The number of carbonyl (C=O) groups is 1. The van der Waals surface area contributed by atoms with Crippen LogP contribution in [0, 0.1) is 0 Å². The van der Waals surface area contributed by atoms with E-state index in [9.17, 15) is 4.79 Å². The molecule has 6 nitrogen and oxygen atoms in total. The van der Waals surface area contributed by atoms with Crippen LogP contribution >= 0.6 is 11.3 Å². The highest BCUT2D eigenvalue weighted by Crippen LogP contribution is 2.32. The molecular formula is C22H25N3O3S. The predicted molar refractivity (Wildman–Crippen MR) is 115 cm³/mol. The molecule has 0 radical (unpaired) electrons. The SMILES string of the molecule is C[C@H](NC(=O)CN(C)[C@@H](C)c1nc2ccccc2s1)c1ccc2c(c1)OCCO2. The fourth-order valence-electron chi connectivity index (χ4n) is 3.32. The van der Waals surface area contributed by atoms with Gasteiger partial charge in [-0.1, -0.05) is 18.2 Å². The molecule has 0 spiro atoms. The van der Waals surface area contributed by atoms with E-state index in [1.165, 1.54) is 4.70 Å². The largest absolute Gasteiger partial charge is 0.486 e. The number of hydrogen-bond acceptors (Lipinski definition) is 6. The predicted octanol–water partition coefficient (Wildman–Crippen LogP) is 3.94. The van der Waals surface area contributed by atoms with Gasteiger partial charge in [-0.3, -0.25) is 9.69 Å². The van der Waals surface area contributed by atoms with Crippen molar-refractivity contribution in [3.63, 3.8) is 0 Å². The molecule has 0 aliphatic carbocycles. The molecular weight excluding hydrogens is 386 g/mol. The van der Waals surface area contributed by atoms with Crippen molar-refractivity contribution in [2.45, 2.75) is 25.9 Å². The molecule has 29 heavy (non-hydrogen) atoms. The molecule has 2 atom stereocenters. The van der Waals surface area contributed by atoms with Gasteiger partial charge in [0.05, 0.1) is 28.8 Å². The normalized spacial score (nSPS) is 15.3. The summed E-state index contributed by atoms with van der Waals surface area (Å²) < 4.78 is 12.4. The van der Waals surface area contributed by atoms with E-state index in [1.807, 2.05) is 55.3 Å². The fraction of sp³-hybridized carbons (Fsp3) is 0.364. The van der Waals surface area contributed by atoms with Crippen molar-refractivity contribution < 1.29 is 14.3 Å². The van der Waals surface area contributed by atoms with Gasteiger partial charge in [-0.05, 0) is 50.7 Å². The number of carbonyl (C=O) groups excluding carboxylic acids is 1. The first kappa shape index (κ1) is 19.7. The topological polar surface area (TPSA) is 63.7 Å². The summed E-state index contributed by atoms with van der Waals surface area (Å²) in [5, 5.41) is 4.09. The Morgan fingerprint density at radius 2 is 1.93 bits per heavy atom. The molecule has 1 N–H and O–H groups in total. The molecule has 7 heteroatoms. The monoisotopic (exact) mass is 411 g/mol. The van der Waals surface area contributed by atoms with Crippen LogP contribution < -0.4 is 14.8 Å². The van der Waals surface area contributed by atoms with Crippen molar-refractivity contribution in [3.05, 3.63) is 53.0 Å². The molecule has 1 amide bonds. The van der Waals surface area contributed by atoms with E-state index in [4.69, 9.17) is 14.5 Å². The number of para-hydroxylation sites is 1. The van der Waals surface area contributed by atoms with Crippen molar-refractivity contribution in [2.75, 3.05) is 26.8 Å². The Morgan fingerprint density at radius 1 is 1.17 bits per heavy atom. The third-order valence-corrected chi connectivity index (χ3v) is 6.37. The Bertz CT molecular complexity index is 986. The molecule has 0 bridgehead atoms. The van der Waals surface area contributed by atoms with E-state index in [0.29, 0.717) is 19.8 Å². The van der Waals surface area contributed by atoms with Gasteiger partial charge in [-0.2, -0.15) is 0 Å². The number of rotatable bonds is 6. The average Bonchev–Trinajstić information content (AvgIpc) is 3.16. The number of fused-ring (bicyclic) bond motifs is 2. The van der Waals surface area contributed by atoms with Gasteiger partial charge in [0.1, 0.15) is 18.2 Å². The number of thiazole rings is 1. The van der Waals surface area contributed by atoms with Crippen LogP contribution in [0.2, 0.25) is 0 Å². The molecule has 3 aromatic rings. The first-order valence-corrected chi connectivity index (χ1v) is 10.6. The summed E-state index contributed by atoms with van der Waals surface area (Å²) in [6.07, 6.45) is 0. The van der Waals surface area contributed by atoms with Gasteiger partial charge < -0.3 is 14.8 Å². The second-order valence-corrected chi connectivity index (χ2v) is 8.37. The van der Waals surface area contributed by atoms with Gasteiger partial charge in [0.25, 0.3) is 0 Å². The van der Waals surface area contributed by atoms with Crippen LogP contribution in [0.25, 0.3) is 10.2 Å². The first-order valence-electron chi connectivity index (χ1n) is 9.76. The summed E-state index contributed by atoms with van der Waals surface area (Å²) >= 11 is 1.67. The maximum atomic E-state index is 12.6. The van der Waals surface area contributed by atoms with E-state index >= 15 is 0 Å². The van der Waals surface area contributed by atoms with Crippen molar-refractivity contribution in [3.8, 4) is 11.5 Å². The minimum Gasteiger partial charge on any atom is -0.486 e. The van der Waals surface area contributed by atoms with Crippen molar-refractivity contribution >= 4 is 27.5 Å². The smallest absolute Gasteiger partial charge is 0.234 e. The van der Waals surface area contributed by atoms with Crippen LogP contribution in [-0.4, -0.2) is 42.6 Å². The molecule has 1 aliphatic heterocycles. The van der Waals surface area contributed by atoms with Crippen molar-refractivity contribution in [2.24, 2.45) is 0 Å². The zero-order chi connectivity index (χ0) is 20.4. The minimum absolute atomic E-state index is 0.0251. The summed E-state index contributed by atoms with van der Waals surface area (Å²) in [7, 11) is 1.95. The van der Waals surface area contributed by atoms with Crippen molar-refractivity contribution in [1.82, 2.24) is 15.2 Å². The number of nitrogens with zero attached hydrogens (tertiary/aromatic N) is 2. The number of amides is 1. The fourth-order valence-corrected chi connectivity index (χ4v) is 4.41. The van der Waals surface area contributed by atoms with Gasteiger partial charge in [-0.25, -0.2) is 4.98 Å². The molecule has 0 fully saturated rings. The number of benzene rings is 2. The summed E-state index contributed by atoms with van der Waals surface area (Å²) in [5.74, 6) is 1.46. The van der Waals surface area contributed by atoms with Gasteiger partial charge in [-0.15, -0.1) is 11.3 Å². The standard InChI is InChI=1S/C22H25N3O3S/c1-14(16-8-9-18-19(12-16)28-11-10-27-18)23-21(26)13-25(3)15(2)22-24-17-6-4-5-7-20(17)29-22/h4-9,12,14-15H,10-11,13H2,1-3H3,(H,23,26)/t14-,15-/m0/s1. The molecule has 1 aromatic heterocycles. The minimum atomic E-state index is -0.121. The number of likely N-dealkylation sites (N-methyl/N-ethyl adjacent to an activating group) is 1. The molecule has 2 aromatic carbocycles.